The molecule has 4 rings (SSSR count). The Balaban J connectivity index is 1.40. The molecule has 0 unspecified atom stereocenters. The van der Waals surface area contributed by atoms with Gasteiger partial charge in [-0.25, -0.2) is 9.97 Å². The summed E-state index contributed by atoms with van der Waals surface area (Å²) < 4.78 is 0. The molecule has 0 aliphatic carbocycles. The number of piperazine rings is 1. The van der Waals surface area contributed by atoms with Crippen LogP contribution in [0.4, 0.5) is 5.95 Å². The summed E-state index contributed by atoms with van der Waals surface area (Å²) in [4.78, 5) is 44.0. The molecule has 0 spiro atoms. The predicted octanol–water partition coefficient (Wildman–Crippen LogP) is 1.46. The Bertz CT molecular complexity index is 830. The van der Waals surface area contributed by atoms with Gasteiger partial charge in [-0.1, -0.05) is 0 Å². The second kappa shape index (κ2) is 8.33. The van der Waals surface area contributed by atoms with Crippen LogP contribution in [-0.2, 0) is 0 Å². The number of pyridine rings is 1. The van der Waals surface area contributed by atoms with E-state index >= 15 is 0 Å². The highest BCUT2D eigenvalue weighted by Gasteiger charge is 2.25. The van der Waals surface area contributed by atoms with Crippen LogP contribution in [0.1, 0.15) is 40.0 Å². The highest BCUT2D eigenvalue weighted by atomic mass is 16.2. The predicted molar refractivity (Wildman–Crippen MR) is 104 cm³/mol. The van der Waals surface area contributed by atoms with Crippen molar-refractivity contribution in [3.8, 4) is 0 Å². The molecule has 0 bridgehead atoms. The van der Waals surface area contributed by atoms with Crippen LogP contribution in [-0.4, -0.2) is 75.8 Å². The number of amides is 2. The number of likely N-dealkylation sites (tertiary alicyclic amines) is 1. The summed E-state index contributed by atoms with van der Waals surface area (Å²) in [5.41, 5.74) is 0.955. The van der Waals surface area contributed by atoms with Crippen molar-refractivity contribution in [1.82, 2.24) is 24.8 Å². The molecule has 2 amide bonds. The standard InChI is InChI=1S/C20H24N6O2/c27-18(24-7-2-1-3-8-24)16-13-17(15-21-14-16)19(28)25-9-11-26(12-10-25)20-22-5-4-6-23-20/h4-6,13-15H,1-3,7-12H2. The molecule has 2 aromatic heterocycles. The van der Waals surface area contributed by atoms with E-state index in [0.717, 1.165) is 25.9 Å². The number of piperidine rings is 1. The SMILES string of the molecule is O=C(c1cncc(C(=O)N2CCN(c3ncccn3)CC2)c1)N1CCCCC1. The minimum absolute atomic E-state index is 0.0344. The summed E-state index contributed by atoms with van der Waals surface area (Å²) in [6, 6.07) is 3.47. The fourth-order valence-corrected chi connectivity index (χ4v) is 3.70. The lowest BCUT2D eigenvalue weighted by Gasteiger charge is -2.34. The van der Waals surface area contributed by atoms with Crippen LogP contribution in [0, 0.1) is 0 Å². The van der Waals surface area contributed by atoms with Crippen LogP contribution < -0.4 is 4.90 Å². The van der Waals surface area contributed by atoms with E-state index < -0.39 is 0 Å². The normalized spacial score (nSPS) is 17.5. The smallest absolute Gasteiger partial charge is 0.255 e. The Morgan fingerprint density at radius 2 is 1.32 bits per heavy atom. The molecule has 0 aromatic carbocycles. The zero-order valence-electron chi connectivity index (χ0n) is 15.8. The number of hydrogen-bond donors (Lipinski definition) is 0. The number of carbonyl (C=O) groups excluding carboxylic acids is 2. The summed E-state index contributed by atoms with van der Waals surface area (Å²) >= 11 is 0. The molecule has 0 atom stereocenters. The second-order valence-corrected chi connectivity index (χ2v) is 7.14. The van der Waals surface area contributed by atoms with Gasteiger partial charge in [0.1, 0.15) is 0 Å². The topological polar surface area (TPSA) is 82.5 Å². The largest absolute Gasteiger partial charge is 0.339 e. The van der Waals surface area contributed by atoms with Gasteiger partial charge in [-0.05, 0) is 31.4 Å². The lowest BCUT2D eigenvalue weighted by Crippen LogP contribution is -2.49. The summed E-state index contributed by atoms with van der Waals surface area (Å²) in [6.45, 7) is 4.08. The first-order valence-corrected chi connectivity index (χ1v) is 9.78. The third-order valence-electron chi connectivity index (χ3n) is 5.28. The summed E-state index contributed by atoms with van der Waals surface area (Å²) in [5.74, 6) is 0.563. The van der Waals surface area contributed by atoms with Crippen molar-refractivity contribution in [3.05, 3.63) is 48.0 Å². The van der Waals surface area contributed by atoms with Crippen LogP contribution in [0.3, 0.4) is 0 Å². The summed E-state index contributed by atoms with van der Waals surface area (Å²) in [6.07, 6.45) is 9.77. The second-order valence-electron chi connectivity index (χ2n) is 7.14. The van der Waals surface area contributed by atoms with E-state index in [1.807, 2.05) is 4.90 Å². The van der Waals surface area contributed by atoms with Gasteiger partial charge in [-0.15, -0.1) is 0 Å². The Hall–Kier alpha value is -3.03. The summed E-state index contributed by atoms with van der Waals surface area (Å²) in [7, 11) is 0. The lowest BCUT2D eigenvalue weighted by molar-refractivity contribution is 0.0723. The van der Waals surface area contributed by atoms with Crippen LogP contribution in [0.15, 0.2) is 36.9 Å². The molecule has 2 fully saturated rings. The van der Waals surface area contributed by atoms with Gasteiger partial charge < -0.3 is 14.7 Å². The van der Waals surface area contributed by atoms with Gasteiger partial charge in [0.2, 0.25) is 5.95 Å². The van der Waals surface area contributed by atoms with Gasteiger partial charge >= 0.3 is 0 Å². The average molecular weight is 380 g/mol. The molecule has 8 nitrogen and oxygen atoms in total. The van der Waals surface area contributed by atoms with Gasteiger partial charge in [0.15, 0.2) is 0 Å². The molecule has 8 heteroatoms. The number of rotatable bonds is 3. The molecule has 0 radical (unpaired) electrons. The van der Waals surface area contributed by atoms with Crippen molar-refractivity contribution >= 4 is 17.8 Å². The van der Waals surface area contributed by atoms with E-state index in [1.54, 1.807) is 41.8 Å². The highest BCUT2D eigenvalue weighted by Crippen LogP contribution is 2.16. The zero-order valence-corrected chi connectivity index (χ0v) is 15.8. The molecule has 2 aliphatic heterocycles. The molecule has 2 aliphatic rings. The molecule has 2 saturated heterocycles. The van der Waals surface area contributed by atoms with E-state index in [9.17, 15) is 9.59 Å². The Labute approximate surface area is 164 Å². The van der Waals surface area contributed by atoms with Crippen LogP contribution >= 0.6 is 0 Å². The fourth-order valence-electron chi connectivity index (χ4n) is 3.70. The minimum atomic E-state index is -0.0885. The van der Waals surface area contributed by atoms with E-state index in [-0.39, 0.29) is 11.8 Å². The monoisotopic (exact) mass is 380 g/mol. The van der Waals surface area contributed by atoms with Crippen LogP contribution in [0.5, 0.6) is 0 Å². The average Bonchev–Trinajstić information content (AvgIpc) is 2.79. The van der Waals surface area contributed by atoms with E-state index in [4.69, 9.17) is 0 Å². The Kier molecular flexibility index (Phi) is 5.45. The van der Waals surface area contributed by atoms with Crippen molar-refractivity contribution in [3.63, 3.8) is 0 Å². The lowest BCUT2D eigenvalue weighted by atomic mass is 10.1. The zero-order chi connectivity index (χ0) is 19.3. The van der Waals surface area contributed by atoms with Gasteiger partial charge in [0.25, 0.3) is 11.8 Å². The molecule has 146 valence electrons. The first kappa shape index (κ1) is 18.3. The third-order valence-corrected chi connectivity index (χ3v) is 5.28. The van der Waals surface area contributed by atoms with E-state index in [0.29, 0.717) is 43.3 Å². The number of nitrogens with zero attached hydrogens (tertiary/aromatic N) is 6. The number of carbonyl (C=O) groups is 2. The third kappa shape index (κ3) is 3.95. The molecule has 0 saturated carbocycles. The summed E-state index contributed by atoms with van der Waals surface area (Å²) in [5, 5.41) is 0. The van der Waals surface area contributed by atoms with Crippen molar-refractivity contribution in [2.24, 2.45) is 0 Å². The molecular formula is C20H24N6O2. The highest BCUT2D eigenvalue weighted by molar-refractivity contribution is 5.99. The van der Waals surface area contributed by atoms with Gasteiger partial charge in [0, 0.05) is 64.1 Å². The van der Waals surface area contributed by atoms with Crippen molar-refractivity contribution in [1.29, 1.82) is 0 Å². The first-order valence-electron chi connectivity index (χ1n) is 9.78. The van der Waals surface area contributed by atoms with Crippen molar-refractivity contribution in [2.75, 3.05) is 44.2 Å². The van der Waals surface area contributed by atoms with Crippen molar-refractivity contribution < 1.29 is 9.59 Å². The quantitative estimate of drug-likeness (QED) is 0.802. The fraction of sp³-hybridized carbons (Fsp3) is 0.450. The maximum Gasteiger partial charge on any atom is 0.255 e. The molecule has 4 heterocycles. The minimum Gasteiger partial charge on any atom is -0.339 e. The van der Waals surface area contributed by atoms with Gasteiger partial charge in [-0.2, -0.15) is 0 Å². The first-order chi connectivity index (χ1) is 13.7. The van der Waals surface area contributed by atoms with Crippen LogP contribution in [0.2, 0.25) is 0 Å². The van der Waals surface area contributed by atoms with Gasteiger partial charge in [0.05, 0.1) is 11.1 Å². The van der Waals surface area contributed by atoms with Crippen molar-refractivity contribution in [2.45, 2.75) is 19.3 Å². The molecule has 2 aromatic rings. The number of hydrogen-bond acceptors (Lipinski definition) is 6. The number of aromatic nitrogens is 3. The molecule has 28 heavy (non-hydrogen) atoms. The van der Waals surface area contributed by atoms with E-state index in [1.165, 1.54) is 6.42 Å². The Morgan fingerprint density at radius 3 is 1.93 bits per heavy atom. The molecular weight excluding hydrogens is 356 g/mol. The maximum absolute atomic E-state index is 12.9. The maximum atomic E-state index is 12.9. The Morgan fingerprint density at radius 1 is 0.750 bits per heavy atom. The molecule has 0 N–H and O–H groups in total. The number of anilines is 1. The van der Waals surface area contributed by atoms with Gasteiger partial charge in [-0.3, -0.25) is 14.6 Å². The van der Waals surface area contributed by atoms with E-state index in [2.05, 4.69) is 19.9 Å². The van der Waals surface area contributed by atoms with Crippen LogP contribution in [0.25, 0.3) is 0 Å².